The maximum Gasteiger partial charge on any atom is 0.159 e. The molecule has 3 aromatic heterocycles. The predicted molar refractivity (Wildman–Crippen MR) is 94.7 cm³/mol. The highest BCUT2D eigenvalue weighted by Gasteiger charge is 2.13. The van der Waals surface area contributed by atoms with Crippen molar-refractivity contribution < 1.29 is 0 Å². The van der Waals surface area contributed by atoms with E-state index in [1.54, 1.807) is 0 Å². The minimum atomic E-state index is 0.672. The number of nitrogens with zero attached hydrogens (tertiary/aromatic N) is 5. The first kappa shape index (κ1) is 14.6. The molecule has 0 unspecified atom stereocenters. The van der Waals surface area contributed by atoms with E-state index in [1.165, 1.54) is 10.9 Å². The lowest BCUT2D eigenvalue weighted by Crippen LogP contribution is -2.04. The SMILES string of the molecule is Cc1ccc2c(c1)c(Cn1ccnc1-c1cccc(C)n1)nn2C. The lowest BCUT2D eigenvalue weighted by atomic mass is 10.1. The topological polar surface area (TPSA) is 48.5 Å². The normalized spacial score (nSPS) is 11.3. The van der Waals surface area contributed by atoms with Crippen LogP contribution < -0.4 is 0 Å². The summed E-state index contributed by atoms with van der Waals surface area (Å²) in [5.74, 6) is 0.866. The van der Waals surface area contributed by atoms with Crippen LogP contribution in [0.1, 0.15) is 17.0 Å². The Morgan fingerprint density at radius 2 is 1.96 bits per heavy atom. The van der Waals surface area contributed by atoms with Gasteiger partial charge in [-0.3, -0.25) is 4.68 Å². The highest BCUT2D eigenvalue weighted by Crippen LogP contribution is 2.22. The smallest absolute Gasteiger partial charge is 0.159 e. The molecule has 4 aromatic rings. The van der Waals surface area contributed by atoms with Crippen molar-refractivity contribution in [3.8, 4) is 11.5 Å². The highest BCUT2D eigenvalue weighted by atomic mass is 15.3. The van der Waals surface area contributed by atoms with Crippen molar-refractivity contribution in [3.05, 3.63) is 65.7 Å². The minimum absolute atomic E-state index is 0.672. The summed E-state index contributed by atoms with van der Waals surface area (Å²) in [4.78, 5) is 9.08. The van der Waals surface area contributed by atoms with Crippen LogP contribution in [0, 0.1) is 13.8 Å². The van der Waals surface area contributed by atoms with Gasteiger partial charge in [-0.2, -0.15) is 5.10 Å². The Balaban J connectivity index is 1.78. The fourth-order valence-corrected chi connectivity index (χ4v) is 3.07. The van der Waals surface area contributed by atoms with Crippen molar-refractivity contribution >= 4 is 10.9 Å². The monoisotopic (exact) mass is 317 g/mol. The Hall–Kier alpha value is -2.95. The molecule has 0 bridgehead atoms. The maximum atomic E-state index is 4.71. The van der Waals surface area contributed by atoms with Crippen LogP contribution in [-0.2, 0) is 13.6 Å². The Bertz CT molecular complexity index is 1030. The van der Waals surface area contributed by atoms with Crippen LogP contribution in [0.2, 0.25) is 0 Å². The Labute approximate surface area is 140 Å². The van der Waals surface area contributed by atoms with Crippen molar-refractivity contribution in [2.24, 2.45) is 7.05 Å². The van der Waals surface area contributed by atoms with Gasteiger partial charge in [0.25, 0.3) is 0 Å². The average molecular weight is 317 g/mol. The Morgan fingerprint density at radius 3 is 2.79 bits per heavy atom. The Morgan fingerprint density at radius 1 is 1.08 bits per heavy atom. The zero-order chi connectivity index (χ0) is 16.7. The lowest BCUT2D eigenvalue weighted by Gasteiger charge is -2.07. The van der Waals surface area contributed by atoms with E-state index in [4.69, 9.17) is 5.10 Å². The first-order chi connectivity index (χ1) is 11.6. The summed E-state index contributed by atoms with van der Waals surface area (Å²) in [6, 6.07) is 12.4. The molecule has 0 aliphatic rings. The molecule has 3 heterocycles. The summed E-state index contributed by atoms with van der Waals surface area (Å²) in [6.45, 7) is 4.77. The van der Waals surface area contributed by atoms with Gasteiger partial charge < -0.3 is 4.57 Å². The largest absolute Gasteiger partial charge is 0.324 e. The van der Waals surface area contributed by atoms with Crippen molar-refractivity contribution in [3.63, 3.8) is 0 Å². The lowest BCUT2D eigenvalue weighted by molar-refractivity contribution is 0.721. The molecule has 0 aliphatic heterocycles. The molecule has 0 aliphatic carbocycles. The van der Waals surface area contributed by atoms with Crippen LogP contribution in [0.3, 0.4) is 0 Å². The number of aryl methyl sites for hydroxylation is 3. The van der Waals surface area contributed by atoms with Crippen LogP contribution in [0.25, 0.3) is 22.4 Å². The van der Waals surface area contributed by atoms with E-state index < -0.39 is 0 Å². The molecule has 24 heavy (non-hydrogen) atoms. The van der Waals surface area contributed by atoms with Crippen LogP contribution in [0.5, 0.6) is 0 Å². The van der Waals surface area contributed by atoms with Gasteiger partial charge in [-0.05, 0) is 38.1 Å². The van der Waals surface area contributed by atoms with Crippen molar-refractivity contribution in [1.82, 2.24) is 24.3 Å². The van der Waals surface area contributed by atoms with Gasteiger partial charge in [-0.15, -0.1) is 0 Å². The molecule has 5 nitrogen and oxygen atoms in total. The minimum Gasteiger partial charge on any atom is -0.324 e. The third kappa shape index (κ3) is 2.48. The van der Waals surface area contributed by atoms with E-state index in [9.17, 15) is 0 Å². The van der Waals surface area contributed by atoms with E-state index in [2.05, 4.69) is 39.7 Å². The molecule has 5 heteroatoms. The van der Waals surface area contributed by atoms with Gasteiger partial charge >= 0.3 is 0 Å². The van der Waals surface area contributed by atoms with Gasteiger partial charge in [0, 0.05) is 30.5 Å². The second-order valence-electron chi connectivity index (χ2n) is 6.13. The van der Waals surface area contributed by atoms with Crippen molar-refractivity contribution in [2.45, 2.75) is 20.4 Å². The molecular formula is C19H19N5. The van der Waals surface area contributed by atoms with Crippen molar-refractivity contribution in [2.75, 3.05) is 0 Å². The van der Waals surface area contributed by atoms with E-state index in [-0.39, 0.29) is 0 Å². The zero-order valence-corrected chi connectivity index (χ0v) is 14.1. The van der Waals surface area contributed by atoms with E-state index in [0.717, 1.165) is 28.4 Å². The molecule has 0 radical (unpaired) electrons. The summed E-state index contributed by atoms with van der Waals surface area (Å²) in [6.07, 6.45) is 3.80. The van der Waals surface area contributed by atoms with E-state index in [1.807, 2.05) is 49.2 Å². The zero-order valence-electron chi connectivity index (χ0n) is 14.1. The molecule has 120 valence electrons. The third-order valence-electron chi connectivity index (χ3n) is 4.24. The molecule has 0 saturated carbocycles. The fourth-order valence-electron chi connectivity index (χ4n) is 3.07. The summed E-state index contributed by atoms with van der Waals surface area (Å²) < 4.78 is 4.04. The number of hydrogen-bond donors (Lipinski definition) is 0. The number of pyridine rings is 1. The molecule has 0 spiro atoms. The molecule has 0 N–H and O–H groups in total. The van der Waals surface area contributed by atoms with Crippen LogP contribution >= 0.6 is 0 Å². The summed E-state index contributed by atoms with van der Waals surface area (Å²) >= 11 is 0. The molecule has 0 amide bonds. The van der Waals surface area contributed by atoms with Gasteiger partial charge in [-0.1, -0.05) is 17.7 Å². The van der Waals surface area contributed by atoms with E-state index in [0.29, 0.717) is 6.54 Å². The molecule has 0 saturated heterocycles. The fraction of sp³-hybridized carbons (Fsp3) is 0.211. The quantitative estimate of drug-likeness (QED) is 0.581. The van der Waals surface area contributed by atoms with Crippen LogP contribution in [0.4, 0.5) is 0 Å². The summed E-state index contributed by atoms with van der Waals surface area (Å²) in [5, 5.41) is 5.89. The number of hydrogen-bond acceptors (Lipinski definition) is 3. The average Bonchev–Trinajstić information content (AvgIpc) is 3.13. The molecule has 0 fully saturated rings. The van der Waals surface area contributed by atoms with E-state index >= 15 is 0 Å². The first-order valence-electron chi connectivity index (χ1n) is 7.99. The highest BCUT2D eigenvalue weighted by molar-refractivity contribution is 5.82. The van der Waals surface area contributed by atoms with Gasteiger partial charge in [0.15, 0.2) is 5.82 Å². The third-order valence-corrected chi connectivity index (χ3v) is 4.24. The molecule has 1 aromatic carbocycles. The molecule has 0 atom stereocenters. The summed E-state index contributed by atoms with van der Waals surface area (Å²) in [5.41, 5.74) is 5.30. The number of fused-ring (bicyclic) bond motifs is 1. The molecular weight excluding hydrogens is 298 g/mol. The van der Waals surface area contributed by atoms with Crippen molar-refractivity contribution in [1.29, 1.82) is 0 Å². The number of benzene rings is 1. The number of rotatable bonds is 3. The maximum absolute atomic E-state index is 4.71. The van der Waals surface area contributed by atoms with Gasteiger partial charge in [0.05, 0.1) is 17.8 Å². The number of aromatic nitrogens is 5. The number of imidazole rings is 1. The predicted octanol–water partition coefficient (Wildman–Crippen LogP) is 3.50. The van der Waals surface area contributed by atoms with Crippen LogP contribution in [0.15, 0.2) is 48.8 Å². The second kappa shape index (κ2) is 5.60. The standard InChI is InChI=1S/C19H19N5/c1-13-7-8-18-15(11-13)17(22-23(18)3)12-24-10-9-20-19(24)16-6-4-5-14(2)21-16/h4-11H,12H2,1-3H3. The Kier molecular flexibility index (Phi) is 3.41. The van der Waals surface area contributed by atoms with Gasteiger partial charge in [0.1, 0.15) is 5.69 Å². The first-order valence-corrected chi connectivity index (χ1v) is 7.99. The second-order valence-corrected chi connectivity index (χ2v) is 6.13. The molecule has 4 rings (SSSR count). The van der Waals surface area contributed by atoms with Crippen LogP contribution in [-0.4, -0.2) is 24.3 Å². The van der Waals surface area contributed by atoms with Gasteiger partial charge in [-0.25, -0.2) is 9.97 Å². The summed E-state index contributed by atoms with van der Waals surface area (Å²) in [7, 11) is 1.98. The van der Waals surface area contributed by atoms with Gasteiger partial charge in [0.2, 0.25) is 0 Å².